The Kier molecular flexibility index (Phi) is 16.6. The third-order valence-electron chi connectivity index (χ3n) is 10.7. The lowest BCUT2D eigenvalue weighted by molar-refractivity contribution is -0.164. The number of carboxylic acids is 1. The normalized spacial score (nSPS) is 16.9. The molecule has 1 fully saturated rings. The van der Waals surface area contributed by atoms with Gasteiger partial charge in [-0.2, -0.15) is 13.2 Å². The number of rotatable bonds is 19. The van der Waals surface area contributed by atoms with Gasteiger partial charge in [-0.15, -0.1) is 0 Å². The summed E-state index contributed by atoms with van der Waals surface area (Å²) in [5.74, 6) is -3.95. The summed E-state index contributed by atoms with van der Waals surface area (Å²) in [5.41, 5.74) is 1.96. The predicted octanol–water partition coefficient (Wildman–Crippen LogP) is 5.97. The fraction of sp³-hybridized carbons (Fsp3) is 0.432. The predicted molar refractivity (Wildman–Crippen MR) is 231 cm³/mol. The number of aliphatic carboxylic acids is 1. The van der Waals surface area contributed by atoms with Crippen molar-refractivity contribution >= 4 is 46.9 Å². The van der Waals surface area contributed by atoms with Gasteiger partial charge in [-0.3, -0.25) is 19.2 Å². The number of piperidine rings is 1. The molecule has 1 aliphatic heterocycles. The van der Waals surface area contributed by atoms with Crippen molar-refractivity contribution in [2.24, 2.45) is 13.0 Å². The van der Waals surface area contributed by atoms with Crippen molar-refractivity contribution in [2.75, 3.05) is 33.8 Å². The number of likely N-dealkylation sites (tertiary alicyclic amines) is 1. The van der Waals surface area contributed by atoms with Crippen molar-refractivity contribution in [1.29, 1.82) is 0 Å². The van der Waals surface area contributed by atoms with Gasteiger partial charge in [-0.1, -0.05) is 41.4 Å². The Morgan fingerprint density at radius 3 is 2.32 bits per heavy atom. The lowest BCUT2D eigenvalue weighted by Crippen LogP contribution is -2.65. The van der Waals surface area contributed by atoms with Crippen molar-refractivity contribution in [3.63, 3.8) is 0 Å². The van der Waals surface area contributed by atoms with E-state index < -0.39 is 72.9 Å². The van der Waals surface area contributed by atoms with Gasteiger partial charge in [0.25, 0.3) is 0 Å². The molecule has 0 spiro atoms. The van der Waals surface area contributed by atoms with Crippen LogP contribution in [0.5, 0.6) is 11.5 Å². The summed E-state index contributed by atoms with van der Waals surface area (Å²) in [6.07, 6.45) is -4.99. The summed E-state index contributed by atoms with van der Waals surface area (Å²) in [5, 5.41) is 29.1. The molecule has 2 heterocycles. The van der Waals surface area contributed by atoms with Gasteiger partial charge in [0.05, 0.1) is 55.4 Å². The van der Waals surface area contributed by atoms with E-state index in [1.807, 2.05) is 61.1 Å². The van der Waals surface area contributed by atoms with Crippen LogP contribution in [0.1, 0.15) is 49.6 Å². The monoisotopic (exact) mass is 917 g/mol. The van der Waals surface area contributed by atoms with Gasteiger partial charge >= 0.3 is 12.1 Å². The highest BCUT2D eigenvalue weighted by atomic mass is 35.5. The van der Waals surface area contributed by atoms with Gasteiger partial charge in [-0.05, 0) is 94.4 Å². The topological polar surface area (TPSA) is 178 Å². The van der Waals surface area contributed by atoms with E-state index in [0.29, 0.717) is 39.2 Å². The molecule has 3 aromatic carbocycles. The Morgan fingerprint density at radius 2 is 1.68 bits per heavy atom. The first kappa shape index (κ1) is 48.8. The molecule has 0 radical (unpaired) electrons. The van der Waals surface area contributed by atoms with E-state index in [9.17, 15) is 42.6 Å². The van der Waals surface area contributed by atoms with Crippen LogP contribution in [0.4, 0.5) is 13.2 Å². The van der Waals surface area contributed by atoms with E-state index in [0.717, 1.165) is 22.0 Å². The van der Waals surface area contributed by atoms with Crippen LogP contribution < -0.4 is 20.7 Å². The van der Waals surface area contributed by atoms with Crippen LogP contribution in [0.3, 0.4) is 0 Å². The zero-order chi connectivity index (χ0) is 46.1. The number of aliphatic hydroxyl groups is 1. The van der Waals surface area contributed by atoms with Crippen LogP contribution in [-0.4, -0.2) is 111 Å². The van der Waals surface area contributed by atoms with Crippen molar-refractivity contribution in [2.45, 2.75) is 75.9 Å². The van der Waals surface area contributed by atoms with Gasteiger partial charge < -0.3 is 45.3 Å². The number of hydrogen-bond acceptors (Lipinski definition) is 9. The van der Waals surface area contributed by atoms with Gasteiger partial charge in [0.2, 0.25) is 17.7 Å². The summed E-state index contributed by atoms with van der Waals surface area (Å²) in [6, 6.07) is 16.9. The van der Waals surface area contributed by atoms with Crippen molar-refractivity contribution in [3.8, 4) is 22.8 Å². The number of aliphatic hydroxyl groups excluding tert-OH is 1. The summed E-state index contributed by atoms with van der Waals surface area (Å²) in [4.78, 5) is 60.1. The standard InChI is InChI=1S/C44H52Cl2F3N7O7/c1-27(50-22-30-8-13-33(46)19-37(30)63-34-14-9-29(10-15-34)36-23-51-38(55(36)4)24-54(2)3)40(60)52-35(25-57)41(61)53-43(20-28-6-11-32(45)12-7-28)16-5-17-56(26-43)42(62)31(18-39(58)59)21-44(47,48)49/h6-15,19,23,27,31,35,50,57H,5,16-18,20-22,24-26H2,1-4H3,(H,52,60)(H,53,61)(H,58,59)/t27-,31-,35-,43+/m0/s1. The minimum atomic E-state index is -4.80. The van der Waals surface area contributed by atoms with Crippen LogP contribution in [0.15, 0.2) is 72.9 Å². The molecule has 0 saturated carbocycles. The summed E-state index contributed by atoms with van der Waals surface area (Å²) < 4.78 is 48.6. The minimum absolute atomic E-state index is 0.0331. The molecule has 4 aromatic rings. The highest BCUT2D eigenvalue weighted by Crippen LogP contribution is 2.33. The van der Waals surface area contributed by atoms with Crippen LogP contribution in [0.25, 0.3) is 11.3 Å². The first-order valence-electron chi connectivity index (χ1n) is 20.2. The second kappa shape index (κ2) is 21.5. The fourth-order valence-corrected chi connectivity index (χ4v) is 7.82. The van der Waals surface area contributed by atoms with Gasteiger partial charge in [0.1, 0.15) is 23.4 Å². The molecule has 0 unspecified atom stereocenters. The largest absolute Gasteiger partial charge is 0.481 e. The molecule has 1 aromatic heterocycles. The number of ether oxygens (including phenoxy) is 1. The number of nitrogens with zero attached hydrogens (tertiary/aromatic N) is 4. The Labute approximate surface area is 373 Å². The number of benzene rings is 3. The maximum atomic E-state index is 13.9. The molecular weight excluding hydrogens is 866 g/mol. The third-order valence-corrected chi connectivity index (χ3v) is 11.2. The first-order chi connectivity index (χ1) is 29.7. The van der Waals surface area contributed by atoms with E-state index in [-0.39, 0.29) is 38.9 Å². The fourth-order valence-electron chi connectivity index (χ4n) is 7.53. The minimum Gasteiger partial charge on any atom is -0.481 e. The molecule has 5 rings (SSSR count). The highest BCUT2D eigenvalue weighted by molar-refractivity contribution is 6.31. The molecule has 19 heteroatoms. The molecule has 0 bridgehead atoms. The summed E-state index contributed by atoms with van der Waals surface area (Å²) in [6.45, 7) is 1.38. The maximum absolute atomic E-state index is 13.9. The van der Waals surface area contributed by atoms with E-state index in [2.05, 4.69) is 20.9 Å². The summed E-state index contributed by atoms with van der Waals surface area (Å²) >= 11 is 12.4. The number of alkyl halides is 3. The number of amides is 3. The first-order valence-corrected chi connectivity index (χ1v) is 21.0. The Hall–Kier alpha value is -5.20. The zero-order valence-electron chi connectivity index (χ0n) is 35.3. The number of nitrogens with one attached hydrogen (secondary N) is 3. The maximum Gasteiger partial charge on any atom is 0.389 e. The quantitative estimate of drug-likeness (QED) is 0.0754. The average Bonchev–Trinajstić information content (AvgIpc) is 3.57. The van der Waals surface area contributed by atoms with Gasteiger partial charge in [0.15, 0.2) is 0 Å². The molecule has 1 aliphatic rings. The number of aromatic nitrogens is 2. The number of carbonyl (C=O) groups is 4. The Morgan fingerprint density at radius 1 is 1.00 bits per heavy atom. The second-order valence-electron chi connectivity index (χ2n) is 16.1. The molecule has 1 saturated heterocycles. The van der Waals surface area contributed by atoms with Crippen molar-refractivity contribution in [3.05, 3.63) is 99.9 Å². The third kappa shape index (κ3) is 13.9. The Balaban J connectivity index is 1.25. The highest BCUT2D eigenvalue weighted by Gasteiger charge is 2.44. The average molecular weight is 919 g/mol. The Bertz CT molecular complexity index is 2220. The number of carboxylic acid groups (broad SMARTS) is 1. The molecule has 63 heavy (non-hydrogen) atoms. The van der Waals surface area contributed by atoms with E-state index >= 15 is 0 Å². The van der Waals surface area contributed by atoms with Crippen LogP contribution >= 0.6 is 23.2 Å². The number of hydrogen-bond donors (Lipinski definition) is 5. The van der Waals surface area contributed by atoms with E-state index in [4.69, 9.17) is 27.9 Å². The molecule has 14 nitrogen and oxygen atoms in total. The molecule has 4 atom stereocenters. The lowest BCUT2D eigenvalue weighted by atomic mass is 9.82. The number of halogens is 5. The zero-order valence-corrected chi connectivity index (χ0v) is 36.9. The van der Waals surface area contributed by atoms with E-state index in [1.165, 1.54) is 0 Å². The molecule has 340 valence electrons. The van der Waals surface area contributed by atoms with Gasteiger partial charge in [0, 0.05) is 47.9 Å². The van der Waals surface area contributed by atoms with E-state index in [1.54, 1.807) is 49.4 Å². The molecule has 5 N–H and O–H groups in total. The second-order valence-corrected chi connectivity index (χ2v) is 17.0. The van der Waals surface area contributed by atoms with Crippen molar-refractivity contribution in [1.82, 2.24) is 35.3 Å². The molecular formula is C44H52Cl2F3N7O7. The SMILES string of the molecule is C[C@H](NCc1ccc(Cl)cc1Oc1ccc(-c2cnc(CN(C)C)n2C)cc1)C(=O)N[C@@H](CO)C(=O)N[C@@]1(Cc2ccc(Cl)cc2)CCCN(C(=O)[C@@H](CC(=O)O)CC(F)(F)F)C1. The van der Waals surface area contributed by atoms with Crippen LogP contribution in [0.2, 0.25) is 10.0 Å². The lowest BCUT2D eigenvalue weighted by Gasteiger charge is -2.45. The smallest absolute Gasteiger partial charge is 0.389 e. The number of carbonyl (C=O) groups excluding carboxylic acids is 3. The van der Waals surface area contributed by atoms with Crippen LogP contribution in [0, 0.1) is 5.92 Å². The molecule has 3 amide bonds. The van der Waals surface area contributed by atoms with Gasteiger partial charge in [-0.25, -0.2) is 4.98 Å². The van der Waals surface area contributed by atoms with Crippen LogP contribution in [-0.2, 0) is 45.7 Å². The summed E-state index contributed by atoms with van der Waals surface area (Å²) in [7, 11) is 5.92. The molecule has 0 aliphatic carbocycles. The number of imidazole rings is 1. The van der Waals surface area contributed by atoms with Crippen molar-refractivity contribution < 1.29 is 47.3 Å².